The van der Waals surface area contributed by atoms with E-state index >= 15 is 0 Å². The Morgan fingerprint density at radius 2 is 1.39 bits per heavy atom. The van der Waals surface area contributed by atoms with Gasteiger partial charge in [-0.3, -0.25) is 0 Å². The van der Waals surface area contributed by atoms with Crippen molar-refractivity contribution < 1.29 is 4.39 Å². The molecule has 3 aromatic rings. The molecule has 4 nitrogen and oxygen atoms in total. The maximum Gasteiger partial charge on any atom is 0.229 e. The summed E-state index contributed by atoms with van der Waals surface area (Å²) in [6.07, 6.45) is 1.66. The van der Waals surface area contributed by atoms with Crippen molar-refractivity contribution in [2.75, 3.05) is 10.6 Å². The summed E-state index contributed by atoms with van der Waals surface area (Å²) in [4.78, 5) is 8.53. The lowest BCUT2D eigenvalue weighted by molar-refractivity contribution is 0.628. The monoisotopic (exact) mass is 352 g/mol. The van der Waals surface area contributed by atoms with Crippen LogP contribution >= 0.6 is 24.8 Å². The molecule has 0 saturated heterocycles. The molecule has 23 heavy (non-hydrogen) atoms. The predicted octanol–water partition coefficient (Wildman–Crippen LogP) is 4.95. The second-order valence-corrected chi connectivity index (χ2v) is 4.39. The van der Waals surface area contributed by atoms with E-state index < -0.39 is 0 Å². The molecule has 2 N–H and O–H groups in total. The van der Waals surface area contributed by atoms with Crippen molar-refractivity contribution in [2.45, 2.75) is 0 Å². The number of rotatable bonds is 4. The average Bonchev–Trinajstić information content (AvgIpc) is 2.51. The van der Waals surface area contributed by atoms with Gasteiger partial charge in [0, 0.05) is 17.6 Å². The first-order chi connectivity index (χ1) is 10.3. The van der Waals surface area contributed by atoms with Crippen molar-refractivity contribution in [3.05, 3.63) is 72.7 Å². The van der Waals surface area contributed by atoms with Crippen molar-refractivity contribution in [3.63, 3.8) is 0 Å². The van der Waals surface area contributed by atoms with E-state index in [2.05, 4.69) is 20.6 Å². The van der Waals surface area contributed by atoms with Crippen LogP contribution in [0.3, 0.4) is 0 Å². The summed E-state index contributed by atoms with van der Waals surface area (Å²) in [5, 5.41) is 6.22. The van der Waals surface area contributed by atoms with E-state index in [1.807, 2.05) is 30.3 Å². The van der Waals surface area contributed by atoms with Crippen LogP contribution in [-0.4, -0.2) is 9.97 Å². The van der Waals surface area contributed by atoms with Crippen LogP contribution in [0.1, 0.15) is 0 Å². The number of hydrogen-bond donors (Lipinski definition) is 2. The van der Waals surface area contributed by atoms with Crippen LogP contribution < -0.4 is 10.6 Å². The molecule has 0 atom stereocenters. The first-order valence-electron chi connectivity index (χ1n) is 6.47. The zero-order chi connectivity index (χ0) is 14.5. The van der Waals surface area contributed by atoms with Crippen LogP contribution in [0.15, 0.2) is 66.9 Å². The maximum absolute atomic E-state index is 12.9. The first-order valence-corrected chi connectivity index (χ1v) is 6.47. The number of halogens is 3. The van der Waals surface area contributed by atoms with Gasteiger partial charge in [0.05, 0.1) is 0 Å². The molecule has 0 bridgehead atoms. The quantitative estimate of drug-likeness (QED) is 0.697. The van der Waals surface area contributed by atoms with Gasteiger partial charge in [0.15, 0.2) is 0 Å². The fourth-order valence-corrected chi connectivity index (χ4v) is 1.82. The normalized spacial score (nSPS) is 9.26. The van der Waals surface area contributed by atoms with E-state index in [0.717, 1.165) is 11.4 Å². The lowest BCUT2D eigenvalue weighted by Crippen LogP contribution is -2.00. The van der Waals surface area contributed by atoms with Gasteiger partial charge >= 0.3 is 0 Å². The molecule has 0 fully saturated rings. The Morgan fingerprint density at radius 1 is 0.739 bits per heavy atom. The number of hydrogen-bond acceptors (Lipinski definition) is 4. The molecule has 0 unspecified atom stereocenters. The van der Waals surface area contributed by atoms with Gasteiger partial charge < -0.3 is 10.6 Å². The third-order valence-electron chi connectivity index (χ3n) is 2.80. The van der Waals surface area contributed by atoms with Crippen molar-refractivity contribution in [3.8, 4) is 0 Å². The third-order valence-corrected chi connectivity index (χ3v) is 2.80. The van der Waals surface area contributed by atoms with Gasteiger partial charge in [-0.05, 0) is 42.5 Å². The number of nitrogens with one attached hydrogen (secondary N) is 2. The second kappa shape index (κ2) is 8.92. The Hall–Kier alpha value is -2.37. The Bertz CT molecular complexity index is 724. The summed E-state index contributed by atoms with van der Waals surface area (Å²) in [6.45, 7) is 0. The van der Waals surface area contributed by atoms with Crippen LogP contribution in [0, 0.1) is 5.82 Å². The largest absolute Gasteiger partial charge is 0.340 e. The summed E-state index contributed by atoms with van der Waals surface area (Å²) in [5.41, 5.74) is 1.68. The third kappa shape index (κ3) is 5.39. The molecule has 0 saturated carbocycles. The standard InChI is InChI=1S/C16H13FN4.2ClH/c17-12-6-8-14(9-7-12)19-15-10-11-18-16(21-15)20-13-4-2-1-3-5-13;;/h1-11H,(H2,18,19,20,21);2*1H. The van der Waals surface area contributed by atoms with E-state index in [4.69, 9.17) is 0 Å². The van der Waals surface area contributed by atoms with Gasteiger partial charge in [-0.25, -0.2) is 9.37 Å². The second-order valence-electron chi connectivity index (χ2n) is 4.39. The minimum absolute atomic E-state index is 0. The molecule has 0 aliphatic rings. The number of benzene rings is 2. The number of aromatic nitrogens is 2. The van der Waals surface area contributed by atoms with Crippen molar-refractivity contribution in [1.82, 2.24) is 9.97 Å². The van der Waals surface area contributed by atoms with Crippen LogP contribution in [0.25, 0.3) is 0 Å². The van der Waals surface area contributed by atoms with E-state index in [1.165, 1.54) is 12.1 Å². The summed E-state index contributed by atoms with van der Waals surface area (Å²) in [6, 6.07) is 17.5. The van der Waals surface area contributed by atoms with Crippen LogP contribution in [0.5, 0.6) is 0 Å². The molecule has 3 rings (SSSR count). The Morgan fingerprint density at radius 3 is 2.09 bits per heavy atom. The molecule has 0 amide bonds. The number of para-hydroxylation sites is 1. The lowest BCUT2D eigenvalue weighted by atomic mass is 10.3. The molecule has 0 spiro atoms. The number of nitrogens with zero attached hydrogens (tertiary/aromatic N) is 2. The van der Waals surface area contributed by atoms with Crippen molar-refractivity contribution >= 4 is 48.0 Å². The summed E-state index contributed by atoms with van der Waals surface area (Å²) >= 11 is 0. The van der Waals surface area contributed by atoms with E-state index in [0.29, 0.717) is 11.8 Å². The molecular formula is C16H15Cl2FN4. The van der Waals surface area contributed by atoms with Gasteiger partial charge in [0.1, 0.15) is 11.6 Å². The molecule has 120 valence electrons. The van der Waals surface area contributed by atoms with Crippen LogP contribution in [0.4, 0.5) is 27.5 Å². The SMILES string of the molecule is Cl.Cl.Fc1ccc(Nc2ccnc(Nc3ccccc3)n2)cc1. The summed E-state index contributed by atoms with van der Waals surface area (Å²) in [5.74, 6) is 0.859. The zero-order valence-corrected chi connectivity index (χ0v) is 13.6. The van der Waals surface area contributed by atoms with Gasteiger partial charge in [-0.1, -0.05) is 18.2 Å². The van der Waals surface area contributed by atoms with Gasteiger partial charge in [0.2, 0.25) is 5.95 Å². The van der Waals surface area contributed by atoms with Gasteiger partial charge in [-0.15, -0.1) is 24.8 Å². The zero-order valence-electron chi connectivity index (χ0n) is 11.9. The molecule has 0 aliphatic carbocycles. The highest BCUT2D eigenvalue weighted by Gasteiger charge is 2.01. The highest BCUT2D eigenvalue weighted by atomic mass is 35.5. The molecule has 0 aliphatic heterocycles. The topological polar surface area (TPSA) is 49.8 Å². The van der Waals surface area contributed by atoms with Crippen LogP contribution in [-0.2, 0) is 0 Å². The fourth-order valence-electron chi connectivity index (χ4n) is 1.82. The lowest BCUT2D eigenvalue weighted by Gasteiger charge is -2.08. The van der Waals surface area contributed by atoms with E-state index in [-0.39, 0.29) is 30.6 Å². The Kier molecular flexibility index (Phi) is 7.25. The molecule has 0 radical (unpaired) electrons. The van der Waals surface area contributed by atoms with Crippen LogP contribution in [0.2, 0.25) is 0 Å². The van der Waals surface area contributed by atoms with Crippen molar-refractivity contribution in [1.29, 1.82) is 0 Å². The minimum Gasteiger partial charge on any atom is -0.340 e. The predicted molar refractivity (Wildman–Crippen MR) is 95.9 cm³/mol. The Labute approximate surface area is 146 Å². The molecule has 1 heterocycles. The minimum atomic E-state index is -0.269. The summed E-state index contributed by atoms with van der Waals surface area (Å²) in [7, 11) is 0. The fraction of sp³-hybridized carbons (Fsp3) is 0. The smallest absolute Gasteiger partial charge is 0.229 e. The molecule has 1 aromatic heterocycles. The first kappa shape index (κ1) is 18.7. The highest BCUT2D eigenvalue weighted by molar-refractivity contribution is 5.85. The van der Waals surface area contributed by atoms with Gasteiger partial charge in [-0.2, -0.15) is 4.98 Å². The maximum atomic E-state index is 12.9. The molecular weight excluding hydrogens is 338 g/mol. The molecule has 7 heteroatoms. The van der Waals surface area contributed by atoms with E-state index in [1.54, 1.807) is 24.4 Å². The summed E-state index contributed by atoms with van der Waals surface area (Å²) < 4.78 is 12.9. The molecule has 2 aromatic carbocycles. The Balaban J connectivity index is 0.00000132. The average molecular weight is 353 g/mol. The highest BCUT2D eigenvalue weighted by Crippen LogP contribution is 2.17. The number of anilines is 4. The van der Waals surface area contributed by atoms with E-state index in [9.17, 15) is 4.39 Å². The van der Waals surface area contributed by atoms with Crippen molar-refractivity contribution in [2.24, 2.45) is 0 Å². The van der Waals surface area contributed by atoms with Gasteiger partial charge in [0.25, 0.3) is 0 Å².